The van der Waals surface area contributed by atoms with E-state index in [1.807, 2.05) is 37.3 Å². The van der Waals surface area contributed by atoms with Gasteiger partial charge >= 0.3 is 5.97 Å². The van der Waals surface area contributed by atoms with E-state index in [4.69, 9.17) is 20.1 Å². The summed E-state index contributed by atoms with van der Waals surface area (Å²) in [6.45, 7) is 1.63. The minimum Gasteiger partial charge on any atom is -0.460 e. The van der Waals surface area contributed by atoms with Crippen LogP contribution < -0.4 is 5.73 Å². The molecule has 0 aliphatic heterocycles. The van der Waals surface area contributed by atoms with E-state index in [0.717, 1.165) is 11.1 Å². The molecule has 0 spiro atoms. The highest BCUT2D eigenvalue weighted by atomic mass is 32.2. The van der Waals surface area contributed by atoms with Gasteiger partial charge in [0.25, 0.3) is 10.1 Å². The molecule has 0 amide bonds. The second-order valence-corrected chi connectivity index (χ2v) is 6.59. The minimum absolute atomic E-state index is 0. The van der Waals surface area contributed by atoms with Crippen LogP contribution in [0, 0.1) is 6.92 Å². The van der Waals surface area contributed by atoms with Crippen molar-refractivity contribution >= 4 is 16.1 Å². The molecule has 0 saturated carbocycles. The SMILES string of the molecule is Cc1ccc(S(=O)(=O)O)cc1.N[C@@H](CO)C(=O)OCc1ccccc1.O. The van der Waals surface area contributed by atoms with Crippen LogP contribution in [-0.2, 0) is 26.3 Å². The number of benzene rings is 2. The summed E-state index contributed by atoms with van der Waals surface area (Å²) in [7, 11) is -4.02. The molecule has 0 aliphatic carbocycles. The van der Waals surface area contributed by atoms with Gasteiger partial charge in [0.05, 0.1) is 11.5 Å². The van der Waals surface area contributed by atoms with Gasteiger partial charge in [-0.25, -0.2) is 0 Å². The molecule has 0 saturated heterocycles. The molecule has 0 unspecified atom stereocenters. The molecule has 144 valence electrons. The van der Waals surface area contributed by atoms with Crippen LogP contribution in [0.5, 0.6) is 0 Å². The number of rotatable bonds is 5. The third-order valence-corrected chi connectivity index (χ3v) is 3.91. The quantitative estimate of drug-likeness (QED) is 0.498. The van der Waals surface area contributed by atoms with Crippen molar-refractivity contribution in [1.29, 1.82) is 0 Å². The molecule has 2 aromatic rings. The first-order valence-corrected chi connectivity index (χ1v) is 8.79. The molecule has 0 aliphatic rings. The van der Waals surface area contributed by atoms with Gasteiger partial charge in [0.15, 0.2) is 0 Å². The summed E-state index contributed by atoms with van der Waals surface area (Å²) in [5.41, 5.74) is 7.11. The van der Waals surface area contributed by atoms with Crippen LogP contribution in [0.25, 0.3) is 0 Å². The van der Waals surface area contributed by atoms with Gasteiger partial charge in [-0.1, -0.05) is 48.0 Å². The molecule has 6 N–H and O–H groups in total. The lowest BCUT2D eigenvalue weighted by atomic mass is 10.2. The number of carbonyl (C=O) groups is 1. The zero-order chi connectivity index (χ0) is 18.9. The molecule has 0 bridgehead atoms. The maximum atomic E-state index is 11.0. The summed E-state index contributed by atoms with van der Waals surface area (Å²) >= 11 is 0. The van der Waals surface area contributed by atoms with E-state index in [-0.39, 0.29) is 17.0 Å². The Kier molecular flexibility index (Phi) is 10.3. The second kappa shape index (κ2) is 11.3. The molecule has 8 nitrogen and oxygen atoms in total. The monoisotopic (exact) mass is 385 g/mol. The van der Waals surface area contributed by atoms with Crippen molar-refractivity contribution in [1.82, 2.24) is 0 Å². The fourth-order valence-electron chi connectivity index (χ4n) is 1.62. The zero-order valence-electron chi connectivity index (χ0n) is 14.2. The first-order chi connectivity index (χ1) is 11.7. The first-order valence-electron chi connectivity index (χ1n) is 7.35. The van der Waals surface area contributed by atoms with E-state index >= 15 is 0 Å². The lowest BCUT2D eigenvalue weighted by molar-refractivity contribution is -0.147. The van der Waals surface area contributed by atoms with Crippen LogP contribution in [-0.4, -0.2) is 42.2 Å². The summed E-state index contributed by atoms with van der Waals surface area (Å²) in [5.74, 6) is -0.587. The van der Waals surface area contributed by atoms with E-state index in [1.54, 1.807) is 12.1 Å². The summed E-state index contributed by atoms with van der Waals surface area (Å²) in [4.78, 5) is 11.0. The number of aryl methyl sites for hydroxylation is 1. The molecule has 1 atom stereocenters. The Morgan fingerprint density at radius 3 is 2.12 bits per heavy atom. The lowest BCUT2D eigenvalue weighted by Crippen LogP contribution is -2.35. The molecule has 26 heavy (non-hydrogen) atoms. The Balaban J connectivity index is 0.000000475. The average Bonchev–Trinajstić information content (AvgIpc) is 2.60. The molecule has 0 aromatic heterocycles. The van der Waals surface area contributed by atoms with Crippen molar-refractivity contribution < 1.29 is 33.1 Å². The topological polar surface area (TPSA) is 158 Å². The Morgan fingerprint density at radius 2 is 1.65 bits per heavy atom. The number of hydrogen-bond donors (Lipinski definition) is 3. The summed E-state index contributed by atoms with van der Waals surface area (Å²) in [6.07, 6.45) is 0. The van der Waals surface area contributed by atoms with Crippen molar-refractivity contribution in [3.05, 3.63) is 65.7 Å². The standard InChI is InChI=1S/C10H13NO3.C7H8O3S.H2O/c11-9(6-12)10(13)14-7-8-4-2-1-3-5-8;1-6-2-4-7(5-3-6)11(8,9)10;/h1-5,9,12H,6-7,11H2;2-5H,1H3,(H,8,9,10);1H2/t9-;;/m0../s1. The molecule has 9 heteroatoms. The number of ether oxygens (including phenoxy) is 1. The van der Waals surface area contributed by atoms with Crippen molar-refractivity contribution in [2.75, 3.05) is 6.61 Å². The highest BCUT2D eigenvalue weighted by Gasteiger charge is 2.13. The maximum Gasteiger partial charge on any atom is 0.325 e. The highest BCUT2D eigenvalue weighted by molar-refractivity contribution is 7.85. The van der Waals surface area contributed by atoms with Gasteiger partial charge in [-0.15, -0.1) is 0 Å². The maximum absolute atomic E-state index is 11.0. The summed E-state index contributed by atoms with van der Waals surface area (Å²) in [5, 5.41) is 8.58. The van der Waals surface area contributed by atoms with E-state index in [2.05, 4.69) is 0 Å². The Morgan fingerprint density at radius 1 is 1.12 bits per heavy atom. The molecular formula is C17H23NO7S. The van der Waals surface area contributed by atoms with Gasteiger partial charge in [0.1, 0.15) is 12.6 Å². The molecule has 2 rings (SSSR count). The fraction of sp³-hybridized carbons (Fsp3) is 0.235. The van der Waals surface area contributed by atoms with Gasteiger partial charge in [-0.05, 0) is 24.6 Å². The van der Waals surface area contributed by atoms with Crippen molar-refractivity contribution in [3.8, 4) is 0 Å². The number of carbonyl (C=O) groups excluding carboxylic acids is 1. The Bertz CT molecular complexity index is 761. The van der Waals surface area contributed by atoms with Gasteiger partial charge < -0.3 is 21.1 Å². The van der Waals surface area contributed by atoms with Crippen molar-refractivity contribution in [3.63, 3.8) is 0 Å². The summed E-state index contributed by atoms with van der Waals surface area (Å²) in [6, 6.07) is 14.3. The third-order valence-electron chi connectivity index (χ3n) is 3.04. The molecule has 2 aromatic carbocycles. The smallest absolute Gasteiger partial charge is 0.325 e. The molecular weight excluding hydrogens is 362 g/mol. The van der Waals surface area contributed by atoms with Crippen LogP contribution in [0.3, 0.4) is 0 Å². The van der Waals surface area contributed by atoms with Crippen LogP contribution >= 0.6 is 0 Å². The second-order valence-electron chi connectivity index (χ2n) is 5.17. The summed E-state index contributed by atoms with van der Waals surface area (Å²) < 4.78 is 34.4. The zero-order valence-corrected chi connectivity index (χ0v) is 15.0. The van der Waals surface area contributed by atoms with Gasteiger partial charge in [0.2, 0.25) is 0 Å². The van der Waals surface area contributed by atoms with Crippen molar-refractivity contribution in [2.24, 2.45) is 5.73 Å². The van der Waals surface area contributed by atoms with Crippen LogP contribution in [0.1, 0.15) is 11.1 Å². The Labute approximate surface area is 152 Å². The lowest BCUT2D eigenvalue weighted by Gasteiger charge is -2.08. The van der Waals surface area contributed by atoms with Crippen LogP contribution in [0.2, 0.25) is 0 Å². The molecule has 0 fully saturated rings. The van der Waals surface area contributed by atoms with E-state index in [9.17, 15) is 13.2 Å². The predicted molar refractivity (Wildman–Crippen MR) is 95.9 cm³/mol. The molecule has 0 radical (unpaired) electrons. The largest absolute Gasteiger partial charge is 0.460 e. The first kappa shape index (κ1) is 23.7. The van der Waals surface area contributed by atoms with Crippen molar-refractivity contribution in [2.45, 2.75) is 24.5 Å². The minimum atomic E-state index is -4.02. The normalized spacial score (nSPS) is 11.4. The predicted octanol–water partition coefficient (Wildman–Crippen LogP) is 0.466. The fourth-order valence-corrected chi connectivity index (χ4v) is 2.10. The number of hydrogen-bond acceptors (Lipinski definition) is 6. The number of nitrogens with two attached hydrogens (primary N) is 1. The van der Waals surface area contributed by atoms with Crippen LogP contribution in [0.15, 0.2) is 59.5 Å². The number of aliphatic hydroxyl groups is 1. The van der Waals surface area contributed by atoms with E-state index in [1.165, 1.54) is 12.1 Å². The Hall–Kier alpha value is -2.30. The number of aliphatic hydroxyl groups excluding tert-OH is 1. The van der Waals surface area contributed by atoms with Gasteiger partial charge in [-0.2, -0.15) is 8.42 Å². The number of esters is 1. The van der Waals surface area contributed by atoms with Gasteiger partial charge in [-0.3, -0.25) is 9.35 Å². The highest BCUT2D eigenvalue weighted by Crippen LogP contribution is 2.08. The van der Waals surface area contributed by atoms with E-state index < -0.39 is 28.7 Å². The van der Waals surface area contributed by atoms with Crippen LogP contribution in [0.4, 0.5) is 0 Å². The average molecular weight is 385 g/mol. The van der Waals surface area contributed by atoms with E-state index in [0.29, 0.717) is 0 Å². The third kappa shape index (κ3) is 8.70. The molecule has 0 heterocycles. The van der Waals surface area contributed by atoms with Gasteiger partial charge in [0, 0.05) is 0 Å².